The molecule has 174 valence electrons. The number of aromatic nitrogens is 1. The first kappa shape index (κ1) is 23.7. The summed E-state index contributed by atoms with van der Waals surface area (Å²) in [5, 5.41) is 6.43. The summed E-state index contributed by atoms with van der Waals surface area (Å²) < 4.78 is 10.2. The van der Waals surface area contributed by atoms with Gasteiger partial charge in [-0.1, -0.05) is 54.1 Å². The van der Waals surface area contributed by atoms with Crippen molar-refractivity contribution in [1.29, 1.82) is 0 Å². The molecule has 0 radical (unpaired) electrons. The van der Waals surface area contributed by atoms with Crippen LogP contribution in [0.5, 0.6) is 0 Å². The molecule has 0 fully saturated rings. The Balaban J connectivity index is 1.91. The number of nitrogens with zero attached hydrogens (tertiary/aromatic N) is 1. The average molecular weight is 495 g/mol. The minimum absolute atomic E-state index is 0.351. The van der Waals surface area contributed by atoms with Gasteiger partial charge in [0.1, 0.15) is 5.01 Å². The molecule has 1 aliphatic heterocycles. The standard InChI is InChI=1S/C26H23ClN2O4S/c1-14-21(25(30)32-3)23(22(15(2)28-14)26(31)33-4)16-9-5-6-10-17(16)24-29-20(13-34-24)18-11-7-8-12-19(18)27/h5-13,23,28H,1-4H3. The predicted octanol–water partition coefficient (Wildman–Crippen LogP) is 5.71. The highest BCUT2D eigenvalue weighted by atomic mass is 35.5. The number of carbonyl (C=O) groups excluding carboxylic acids is 2. The van der Waals surface area contributed by atoms with E-state index in [1.54, 1.807) is 13.8 Å². The van der Waals surface area contributed by atoms with Gasteiger partial charge in [0.25, 0.3) is 0 Å². The predicted molar refractivity (Wildman–Crippen MR) is 133 cm³/mol. The van der Waals surface area contributed by atoms with E-state index >= 15 is 0 Å². The SMILES string of the molecule is COC(=O)C1=C(C)NC(C)=C(C(=O)OC)C1c1ccccc1-c1nc(-c2ccccc2Cl)cs1. The van der Waals surface area contributed by atoms with Crippen LogP contribution in [0.2, 0.25) is 5.02 Å². The zero-order valence-electron chi connectivity index (χ0n) is 19.1. The quantitative estimate of drug-likeness (QED) is 0.458. The lowest BCUT2D eigenvalue weighted by atomic mass is 9.78. The molecule has 8 heteroatoms. The molecule has 0 aliphatic carbocycles. The fourth-order valence-corrected chi connectivity index (χ4v) is 5.30. The second-order valence-electron chi connectivity index (χ2n) is 7.72. The van der Waals surface area contributed by atoms with Gasteiger partial charge in [0.15, 0.2) is 0 Å². The maximum atomic E-state index is 12.9. The molecule has 0 saturated carbocycles. The third kappa shape index (κ3) is 4.24. The molecule has 4 rings (SSSR count). The molecular formula is C26H23ClN2O4S. The molecule has 2 aromatic carbocycles. The minimum Gasteiger partial charge on any atom is -0.466 e. The van der Waals surface area contributed by atoms with Crippen molar-refractivity contribution in [3.63, 3.8) is 0 Å². The Kier molecular flexibility index (Phi) is 6.86. The summed E-state index contributed by atoms with van der Waals surface area (Å²) in [7, 11) is 2.65. The number of methoxy groups -OCH3 is 2. The van der Waals surface area contributed by atoms with Crippen LogP contribution >= 0.6 is 22.9 Å². The van der Waals surface area contributed by atoms with Gasteiger partial charge in [-0.05, 0) is 25.5 Å². The van der Waals surface area contributed by atoms with Crippen LogP contribution in [0.25, 0.3) is 21.8 Å². The summed E-state index contributed by atoms with van der Waals surface area (Å²) in [5.74, 6) is -1.73. The third-order valence-electron chi connectivity index (χ3n) is 5.73. The number of carbonyl (C=O) groups is 2. The van der Waals surface area contributed by atoms with Gasteiger partial charge in [-0.2, -0.15) is 0 Å². The number of dihydropyridines is 1. The smallest absolute Gasteiger partial charge is 0.336 e. The van der Waals surface area contributed by atoms with Crippen LogP contribution in [-0.2, 0) is 19.1 Å². The van der Waals surface area contributed by atoms with E-state index in [2.05, 4.69) is 5.32 Å². The Labute approximate surface area is 206 Å². The Morgan fingerprint density at radius 2 is 1.47 bits per heavy atom. The number of hydrogen-bond donors (Lipinski definition) is 1. The monoisotopic (exact) mass is 494 g/mol. The second kappa shape index (κ2) is 9.83. The van der Waals surface area contributed by atoms with Gasteiger partial charge in [0, 0.05) is 32.9 Å². The van der Waals surface area contributed by atoms with Gasteiger partial charge < -0.3 is 14.8 Å². The molecule has 1 aromatic heterocycles. The fraction of sp³-hybridized carbons (Fsp3) is 0.192. The van der Waals surface area contributed by atoms with Gasteiger partial charge >= 0.3 is 11.9 Å². The Morgan fingerprint density at radius 1 is 0.912 bits per heavy atom. The summed E-state index contributed by atoms with van der Waals surface area (Å²) in [6.45, 7) is 3.58. The molecule has 3 aromatic rings. The lowest BCUT2D eigenvalue weighted by molar-refractivity contribution is -0.137. The minimum atomic E-state index is -0.690. The first-order valence-corrected chi connectivity index (χ1v) is 11.8. The number of hydrogen-bond acceptors (Lipinski definition) is 7. The van der Waals surface area contributed by atoms with Crippen molar-refractivity contribution >= 4 is 34.9 Å². The molecule has 34 heavy (non-hydrogen) atoms. The Hall–Kier alpha value is -3.42. The summed E-state index contributed by atoms with van der Waals surface area (Å²) in [6, 6.07) is 15.1. The average Bonchev–Trinajstić information content (AvgIpc) is 3.33. The molecule has 1 N–H and O–H groups in total. The molecule has 2 heterocycles. The Morgan fingerprint density at radius 3 is 2.06 bits per heavy atom. The number of benzene rings is 2. The van der Waals surface area contributed by atoms with E-state index in [0.717, 1.165) is 27.4 Å². The number of rotatable bonds is 5. The van der Waals surface area contributed by atoms with E-state index in [-0.39, 0.29) is 0 Å². The van der Waals surface area contributed by atoms with Crippen molar-refractivity contribution in [3.05, 3.63) is 87.0 Å². The highest BCUT2D eigenvalue weighted by Crippen LogP contribution is 2.44. The lowest BCUT2D eigenvalue weighted by Crippen LogP contribution is -2.32. The number of thiazole rings is 1. The second-order valence-corrected chi connectivity index (χ2v) is 8.99. The van der Waals surface area contributed by atoms with Crippen molar-refractivity contribution in [2.45, 2.75) is 19.8 Å². The lowest BCUT2D eigenvalue weighted by Gasteiger charge is -2.31. The first-order chi connectivity index (χ1) is 16.4. The van der Waals surface area contributed by atoms with Crippen LogP contribution in [0, 0.1) is 0 Å². The first-order valence-electron chi connectivity index (χ1n) is 10.5. The van der Waals surface area contributed by atoms with Crippen molar-refractivity contribution < 1.29 is 19.1 Å². The van der Waals surface area contributed by atoms with Gasteiger partial charge in [-0.15, -0.1) is 11.3 Å². The maximum Gasteiger partial charge on any atom is 0.336 e. The van der Waals surface area contributed by atoms with Crippen LogP contribution in [0.15, 0.2) is 76.5 Å². The molecular weight excluding hydrogens is 472 g/mol. The summed E-state index contributed by atoms with van der Waals surface area (Å²) in [5.41, 5.74) is 5.09. The summed E-state index contributed by atoms with van der Waals surface area (Å²) in [6.07, 6.45) is 0. The highest BCUT2D eigenvalue weighted by Gasteiger charge is 2.38. The van der Waals surface area contributed by atoms with Crippen LogP contribution in [0.3, 0.4) is 0 Å². The van der Waals surface area contributed by atoms with Crippen LogP contribution < -0.4 is 5.32 Å². The molecule has 6 nitrogen and oxygen atoms in total. The molecule has 0 unspecified atom stereocenters. The van der Waals surface area contributed by atoms with E-state index in [0.29, 0.717) is 27.6 Å². The van der Waals surface area contributed by atoms with Gasteiger partial charge in [-0.3, -0.25) is 0 Å². The number of esters is 2. The third-order valence-corrected chi connectivity index (χ3v) is 6.93. The summed E-state index contributed by atoms with van der Waals surface area (Å²) in [4.78, 5) is 30.6. The number of ether oxygens (including phenoxy) is 2. The van der Waals surface area contributed by atoms with E-state index in [4.69, 9.17) is 26.1 Å². The number of halogens is 1. The van der Waals surface area contributed by atoms with E-state index in [1.807, 2.05) is 53.9 Å². The Bertz CT molecular complexity index is 1300. The van der Waals surface area contributed by atoms with Crippen LogP contribution in [0.4, 0.5) is 0 Å². The zero-order valence-corrected chi connectivity index (χ0v) is 20.7. The topological polar surface area (TPSA) is 77.5 Å². The molecule has 0 atom stereocenters. The van der Waals surface area contributed by atoms with Crippen molar-refractivity contribution in [2.24, 2.45) is 0 Å². The van der Waals surface area contributed by atoms with E-state index in [9.17, 15) is 9.59 Å². The molecule has 0 bridgehead atoms. The zero-order chi connectivity index (χ0) is 24.4. The summed E-state index contributed by atoms with van der Waals surface area (Å²) >= 11 is 7.85. The maximum absolute atomic E-state index is 12.9. The van der Waals surface area contributed by atoms with Crippen molar-refractivity contribution in [2.75, 3.05) is 14.2 Å². The van der Waals surface area contributed by atoms with Crippen LogP contribution in [-0.4, -0.2) is 31.1 Å². The number of allylic oxidation sites excluding steroid dienone is 2. The van der Waals surface area contributed by atoms with Gasteiger partial charge in [0.2, 0.25) is 0 Å². The van der Waals surface area contributed by atoms with E-state index in [1.165, 1.54) is 25.6 Å². The molecule has 1 aliphatic rings. The normalized spacial score (nSPS) is 14.1. The number of nitrogens with one attached hydrogen (secondary N) is 1. The highest BCUT2D eigenvalue weighted by molar-refractivity contribution is 7.13. The molecule has 0 spiro atoms. The van der Waals surface area contributed by atoms with Crippen molar-refractivity contribution in [1.82, 2.24) is 10.3 Å². The van der Waals surface area contributed by atoms with Gasteiger partial charge in [-0.25, -0.2) is 14.6 Å². The fourth-order valence-electron chi connectivity index (χ4n) is 4.20. The van der Waals surface area contributed by atoms with Gasteiger partial charge in [0.05, 0.1) is 37.0 Å². The van der Waals surface area contributed by atoms with Crippen molar-refractivity contribution in [3.8, 4) is 21.8 Å². The largest absolute Gasteiger partial charge is 0.466 e. The van der Waals surface area contributed by atoms with E-state index < -0.39 is 17.9 Å². The van der Waals surface area contributed by atoms with Crippen LogP contribution in [0.1, 0.15) is 25.3 Å². The molecule has 0 saturated heterocycles. The molecule has 0 amide bonds.